The molecule has 4 aromatic rings. The van der Waals surface area contributed by atoms with Crippen LogP contribution in [0.25, 0.3) is 16.8 Å². The number of carbonyl (C=O) groups excluding carboxylic acids is 2. The number of imidazole rings is 1. The molecule has 1 saturated heterocycles. The number of ether oxygens (including phenoxy) is 1. The van der Waals surface area contributed by atoms with Gasteiger partial charge in [0.05, 0.1) is 34.8 Å². The van der Waals surface area contributed by atoms with Gasteiger partial charge in [-0.25, -0.2) is 4.98 Å². The van der Waals surface area contributed by atoms with Crippen molar-refractivity contribution in [3.8, 4) is 5.75 Å². The molecule has 8 nitrogen and oxygen atoms in total. The van der Waals surface area contributed by atoms with E-state index in [9.17, 15) is 14.7 Å². The number of halogens is 1. The molecule has 1 atom stereocenters. The molecule has 1 unspecified atom stereocenters. The molecule has 1 aliphatic rings. The zero-order valence-corrected chi connectivity index (χ0v) is 22.0. The van der Waals surface area contributed by atoms with Crippen LogP contribution < -0.4 is 14.5 Å². The van der Waals surface area contributed by atoms with Gasteiger partial charge in [0.15, 0.2) is 0 Å². The van der Waals surface area contributed by atoms with Crippen molar-refractivity contribution >= 4 is 51.7 Å². The lowest BCUT2D eigenvalue weighted by molar-refractivity contribution is -0.132. The first-order valence-electron chi connectivity index (χ1n) is 12.3. The van der Waals surface area contributed by atoms with E-state index in [1.54, 1.807) is 12.1 Å². The second kappa shape index (κ2) is 10.2. The molecule has 5 rings (SSSR count). The van der Waals surface area contributed by atoms with Gasteiger partial charge < -0.3 is 19.7 Å². The molecule has 2 heterocycles. The van der Waals surface area contributed by atoms with E-state index in [0.29, 0.717) is 16.8 Å². The summed E-state index contributed by atoms with van der Waals surface area (Å²) in [5.74, 6) is -1.37. The van der Waals surface area contributed by atoms with Crippen LogP contribution in [-0.2, 0) is 9.59 Å². The first-order chi connectivity index (χ1) is 18.4. The van der Waals surface area contributed by atoms with Crippen LogP contribution in [0.3, 0.4) is 0 Å². The number of rotatable bonds is 7. The summed E-state index contributed by atoms with van der Waals surface area (Å²) in [6.07, 6.45) is 0. The van der Waals surface area contributed by atoms with E-state index in [1.165, 1.54) is 18.1 Å². The van der Waals surface area contributed by atoms with Crippen LogP contribution >= 0.6 is 11.6 Å². The maximum absolute atomic E-state index is 13.5. The molecule has 0 saturated carbocycles. The fourth-order valence-electron chi connectivity index (χ4n) is 4.83. The molecule has 1 aliphatic heterocycles. The van der Waals surface area contributed by atoms with Gasteiger partial charge in [-0.1, -0.05) is 35.9 Å². The maximum atomic E-state index is 13.5. The van der Waals surface area contributed by atoms with Gasteiger partial charge in [-0.3, -0.25) is 14.5 Å². The van der Waals surface area contributed by atoms with Crippen LogP contribution in [0.4, 0.5) is 11.6 Å². The normalized spacial score (nSPS) is 16.8. The number of aromatic amines is 1. The Kier molecular flexibility index (Phi) is 6.82. The molecular formula is C29H27ClN4O4. The number of fused-ring (bicyclic) bond motifs is 1. The Morgan fingerprint density at radius 3 is 2.45 bits per heavy atom. The highest BCUT2D eigenvalue weighted by atomic mass is 35.5. The SMILES string of the molecule is CCN(CC)c1ccc(C2/C(=C(\O)c3cc(OC)ccc3Cl)C(=O)C(=O)N2c2nc3ccccc3[nH]2)cc1. The zero-order chi connectivity index (χ0) is 27.0. The summed E-state index contributed by atoms with van der Waals surface area (Å²) in [7, 11) is 1.49. The topological polar surface area (TPSA) is 98.8 Å². The maximum Gasteiger partial charge on any atom is 0.302 e. The number of ketones is 1. The van der Waals surface area contributed by atoms with Crippen LogP contribution in [0.15, 0.2) is 72.3 Å². The van der Waals surface area contributed by atoms with Crippen LogP contribution in [-0.4, -0.2) is 47.0 Å². The number of benzene rings is 3. The first-order valence-corrected chi connectivity index (χ1v) is 12.7. The Labute approximate surface area is 225 Å². The Bertz CT molecular complexity index is 1520. The monoisotopic (exact) mass is 530 g/mol. The largest absolute Gasteiger partial charge is 0.507 e. The predicted octanol–water partition coefficient (Wildman–Crippen LogP) is 5.70. The van der Waals surface area contributed by atoms with E-state index in [1.807, 2.05) is 48.5 Å². The van der Waals surface area contributed by atoms with Crippen molar-refractivity contribution in [1.29, 1.82) is 0 Å². The zero-order valence-electron chi connectivity index (χ0n) is 21.2. The number of Topliss-reactive ketones (excluding diaryl/α,β-unsaturated/α-hetero) is 1. The van der Waals surface area contributed by atoms with Crippen molar-refractivity contribution in [2.24, 2.45) is 0 Å². The Morgan fingerprint density at radius 1 is 1.08 bits per heavy atom. The third-order valence-electron chi connectivity index (χ3n) is 6.82. The minimum Gasteiger partial charge on any atom is -0.507 e. The van der Waals surface area contributed by atoms with Gasteiger partial charge in [-0.15, -0.1) is 0 Å². The number of carbonyl (C=O) groups is 2. The predicted molar refractivity (Wildman–Crippen MR) is 149 cm³/mol. The van der Waals surface area contributed by atoms with Gasteiger partial charge in [-0.05, 0) is 61.9 Å². The number of hydrogen-bond acceptors (Lipinski definition) is 6. The molecule has 2 N–H and O–H groups in total. The molecular weight excluding hydrogens is 504 g/mol. The third kappa shape index (κ3) is 4.26. The number of amides is 1. The number of nitrogens with one attached hydrogen (secondary N) is 1. The molecule has 1 aromatic heterocycles. The van der Waals surface area contributed by atoms with Crippen LogP contribution in [0.2, 0.25) is 5.02 Å². The lowest BCUT2D eigenvalue weighted by atomic mass is 9.95. The van der Waals surface area contributed by atoms with E-state index < -0.39 is 17.7 Å². The van der Waals surface area contributed by atoms with Gasteiger partial charge in [0.2, 0.25) is 5.95 Å². The standard InChI is InChI=1S/C29H27ClN4O4/c1-4-33(5-2)18-12-10-17(11-13-18)25-24(26(35)20-16-19(38-3)14-15-21(20)30)27(36)28(37)34(25)29-31-22-8-6-7-9-23(22)32-29/h6-16,25,35H,4-5H2,1-3H3,(H,31,32)/b26-24+. The fourth-order valence-corrected chi connectivity index (χ4v) is 5.04. The van der Waals surface area contributed by atoms with Gasteiger partial charge in [-0.2, -0.15) is 0 Å². The second-order valence-corrected chi connectivity index (χ2v) is 9.26. The summed E-state index contributed by atoms with van der Waals surface area (Å²) in [4.78, 5) is 38.2. The van der Waals surface area contributed by atoms with Gasteiger partial charge in [0.25, 0.3) is 5.78 Å². The van der Waals surface area contributed by atoms with E-state index in [4.69, 9.17) is 16.3 Å². The van der Waals surface area contributed by atoms with Crippen molar-refractivity contribution in [1.82, 2.24) is 9.97 Å². The summed E-state index contributed by atoms with van der Waals surface area (Å²) < 4.78 is 5.29. The Hall–Kier alpha value is -4.30. The number of aliphatic hydroxyl groups is 1. The third-order valence-corrected chi connectivity index (χ3v) is 7.15. The number of para-hydroxylation sites is 2. The number of methoxy groups -OCH3 is 1. The summed E-state index contributed by atoms with van der Waals surface area (Å²) >= 11 is 6.42. The van der Waals surface area contributed by atoms with Crippen LogP contribution in [0.5, 0.6) is 5.75 Å². The molecule has 0 spiro atoms. The second-order valence-electron chi connectivity index (χ2n) is 8.86. The lowest BCUT2D eigenvalue weighted by Crippen LogP contribution is -2.30. The highest BCUT2D eigenvalue weighted by Gasteiger charge is 2.48. The highest BCUT2D eigenvalue weighted by Crippen LogP contribution is 2.43. The van der Waals surface area contributed by atoms with Crippen molar-refractivity contribution in [2.75, 3.05) is 30.0 Å². The van der Waals surface area contributed by atoms with Crippen LogP contribution in [0.1, 0.15) is 31.0 Å². The van der Waals surface area contributed by atoms with Crippen LogP contribution in [0, 0.1) is 0 Å². The summed E-state index contributed by atoms with van der Waals surface area (Å²) in [6, 6.07) is 18.8. The smallest absolute Gasteiger partial charge is 0.302 e. The number of hydrogen-bond donors (Lipinski definition) is 2. The molecule has 0 radical (unpaired) electrons. The van der Waals surface area contributed by atoms with Crippen molar-refractivity contribution in [3.05, 3.63) is 88.5 Å². The molecule has 0 aliphatic carbocycles. The first kappa shape index (κ1) is 25.4. The Morgan fingerprint density at radius 2 is 1.79 bits per heavy atom. The van der Waals surface area contributed by atoms with E-state index >= 15 is 0 Å². The molecule has 3 aromatic carbocycles. The lowest BCUT2D eigenvalue weighted by Gasteiger charge is -2.25. The molecule has 1 amide bonds. The highest BCUT2D eigenvalue weighted by molar-refractivity contribution is 6.51. The number of anilines is 2. The minimum atomic E-state index is -0.941. The molecule has 9 heteroatoms. The van der Waals surface area contributed by atoms with Gasteiger partial charge >= 0.3 is 5.91 Å². The number of aromatic nitrogens is 2. The minimum absolute atomic E-state index is 0.0822. The summed E-state index contributed by atoms with van der Waals surface area (Å²) in [5, 5.41) is 11.7. The Balaban J connectivity index is 1.71. The van der Waals surface area contributed by atoms with Crippen molar-refractivity contribution in [3.63, 3.8) is 0 Å². The van der Waals surface area contributed by atoms with E-state index in [-0.39, 0.29) is 27.9 Å². The summed E-state index contributed by atoms with van der Waals surface area (Å²) in [5.41, 5.74) is 3.13. The van der Waals surface area contributed by atoms with E-state index in [2.05, 4.69) is 28.7 Å². The molecule has 194 valence electrons. The molecule has 38 heavy (non-hydrogen) atoms. The van der Waals surface area contributed by atoms with Crippen molar-refractivity contribution in [2.45, 2.75) is 19.9 Å². The number of aliphatic hydroxyl groups excluding tert-OH is 1. The van der Waals surface area contributed by atoms with Crippen molar-refractivity contribution < 1.29 is 19.4 Å². The summed E-state index contributed by atoms with van der Waals surface area (Å²) in [6.45, 7) is 5.82. The number of nitrogens with zero attached hydrogens (tertiary/aromatic N) is 3. The molecule has 1 fully saturated rings. The van der Waals surface area contributed by atoms with E-state index in [0.717, 1.165) is 24.3 Å². The van der Waals surface area contributed by atoms with Gasteiger partial charge in [0, 0.05) is 24.3 Å². The quantitative estimate of drug-likeness (QED) is 0.181. The fraction of sp³-hybridized carbons (Fsp3) is 0.207. The molecule has 0 bridgehead atoms. The van der Waals surface area contributed by atoms with Gasteiger partial charge in [0.1, 0.15) is 11.5 Å². The average molecular weight is 531 g/mol. The number of H-pyrrole nitrogens is 1. The average Bonchev–Trinajstić information content (AvgIpc) is 3.48.